The Kier molecular flexibility index (Phi) is 3.82. The molecule has 0 aromatic heterocycles. The van der Waals surface area contributed by atoms with Crippen molar-refractivity contribution in [2.75, 3.05) is 0 Å². The molecule has 17 heavy (non-hydrogen) atoms. The molecule has 0 radical (unpaired) electrons. The summed E-state index contributed by atoms with van der Waals surface area (Å²) in [5, 5.41) is 0. The van der Waals surface area contributed by atoms with Crippen LogP contribution < -0.4 is 10.5 Å². The molecule has 2 N–H and O–H groups in total. The normalized spacial score (nSPS) is 10.3. The van der Waals surface area contributed by atoms with Gasteiger partial charge in [-0.2, -0.15) is 0 Å². The van der Waals surface area contributed by atoms with E-state index in [4.69, 9.17) is 10.5 Å². The minimum absolute atomic E-state index is 0.519. The van der Waals surface area contributed by atoms with E-state index in [-0.39, 0.29) is 0 Å². The van der Waals surface area contributed by atoms with Crippen molar-refractivity contribution in [1.29, 1.82) is 0 Å². The number of rotatable bonds is 3. The molecule has 0 fully saturated rings. The second-order valence-corrected chi connectivity index (χ2v) is 4.73. The largest absolute Gasteiger partial charge is 0.457 e. The SMILES string of the molecule is Cc1ccc(Oc2ccc(CN)c(Br)c2)cc1. The van der Waals surface area contributed by atoms with Crippen molar-refractivity contribution in [2.45, 2.75) is 13.5 Å². The zero-order valence-corrected chi connectivity index (χ0v) is 11.2. The van der Waals surface area contributed by atoms with Crippen molar-refractivity contribution in [2.24, 2.45) is 5.73 Å². The van der Waals surface area contributed by atoms with Crippen LogP contribution in [0.25, 0.3) is 0 Å². The molecule has 2 nitrogen and oxygen atoms in total. The lowest BCUT2D eigenvalue weighted by molar-refractivity contribution is 0.482. The Balaban J connectivity index is 2.19. The first kappa shape index (κ1) is 12.1. The molecule has 2 rings (SSSR count). The Hall–Kier alpha value is -1.32. The molecule has 0 heterocycles. The van der Waals surface area contributed by atoms with E-state index in [9.17, 15) is 0 Å². The number of hydrogen-bond donors (Lipinski definition) is 1. The summed E-state index contributed by atoms with van der Waals surface area (Å²) < 4.78 is 6.72. The fraction of sp³-hybridized carbons (Fsp3) is 0.143. The van der Waals surface area contributed by atoms with Crippen LogP contribution in [0.1, 0.15) is 11.1 Å². The molecule has 0 amide bonds. The summed E-state index contributed by atoms with van der Waals surface area (Å²) in [5.74, 6) is 1.64. The second kappa shape index (κ2) is 5.34. The molecule has 0 unspecified atom stereocenters. The van der Waals surface area contributed by atoms with Gasteiger partial charge in [0.25, 0.3) is 0 Å². The fourth-order valence-electron chi connectivity index (χ4n) is 1.50. The quantitative estimate of drug-likeness (QED) is 0.927. The molecule has 0 atom stereocenters. The molecule has 0 saturated heterocycles. The summed E-state index contributed by atoms with van der Waals surface area (Å²) >= 11 is 3.47. The van der Waals surface area contributed by atoms with Gasteiger partial charge >= 0.3 is 0 Å². The van der Waals surface area contributed by atoms with Gasteiger partial charge in [-0.1, -0.05) is 39.7 Å². The number of aryl methyl sites for hydroxylation is 1. The van der Waals surface area contributed by atoms with Crippen LogP contribution in [0.5, 0.6) is 11.5 Å². The van der Waals surface area contributed by atoms with Crippen molar-refractivity contribution in [3.05, 3.63) is 58.1 Å². The van der Waals surface area contributed by atoms with E-state index in [0.29, 0.717) is 6.54 Å². The summed E-state index contributed by atoms with van der Waals surface area (Å²) in [6.45, 7) is 2.57. The molecule has 2 aromatic rings. The molecular weight excluding hydrogens is 278 g/mol. The van der Waals surface area contributed by atoms with E-state index in [1.165, 1.54) is 5.56 Å². The van der Waals surface area contributed by atoms with Crippen LogP contribution in [-0.2, 0) is 6.54 Å². The van der Waals surface area contributed by atoms with Crippen molar-refractivity contribution >= 4 is 15.9 Å². The van der Waals surface area contributed by atoms with Crippen LogP contribution in [0.15, 0.2) is 46.9 Å². The predicted molar refractivity (Wildman–Crippen MR) is 73.3 cm³/mol. The highest BCUT2D eigenvalue weighted by Crippen LogP contribution is 2.27. The van der Waals surface area contributed by atoms with Gasteiger partial charge in [0.05, 0.1) is 0 Å². The lowest BCUT2D eigenvalue weighted by Crippen LogP contribution is -1.97. The van der Waals surface area contributed by atoms with Gasteiger partial charge in [-0.15, -0.1) is 0 Å². The van der Waals surface area contributed by atoms with Gasteiger partial charge in [-0.05, 0) is 36.8 Å². The van der Waals surface area contributed by atoms with E-state index in [2.05, 4.69) is 22.9 Å². The third kappa shape index (κ3) is 3.08. The van der Waals surface area contributed by atoms with Crippen LogP contribution in [0, 0.1) is 6.92 Å². The lowest BCUT2D eigenvalue weighted by Gasteiger charge is -2.08. The minimum atomic E-state index is 0.519. The molecule has 2 aromatic carbocycles. The molecule has 0 aliphatic rings. The summed E-state index contributed by atoms with van der Waals surface area (Å²) in [6.07, 6.45) is 0. The number of hydrogen-bond acceptors (Lipinski definition) is 2. The summed E-state index contributed by atoms with van der Waals surface area (Å²) in [6, 6.07) is 13.8. The monoisotopic (exact) mass is 291 g/mol. The van der Waals surface area contributed by atoms with E-state index in [0.717, 1.165) is 21.5 Å². The maximum atomic E-state index is 5.74. The number of ether oxygens (including phenoxy) is 1. The predicted octanol–water partition coefficient (Wildman–Crippen LogP) is 4.01. The Bertz CT molecular complexity index is 508. The minimum Gasteiger partial charge on any atom is -0.457 e. The lowest BCUT2D eigenvalue weighted by atomic mass is 10.2. The Labute approximate surface area is 110 Å². The fourth-order valence-corrected chi connectivity index (χ4v) is 2.02. The van der Waals surface area contributed by atoms with Gasteiger partial charge in [-0.3, -0.25) is 0 Å². The first-order chi connectivity index (χ1) is 8.19. The Morgan fingerprint density at radius 1 is 1.06 bits per heavy atom. The molecule has 3 heteroatoms. The zero-order valence-electron chi connectivity index (χ0n) is 9.61. The highest BCUT2D eigenvalue weighted by molar-refractivity contribution is 9.10. The highest BCUT2D eigenvalue weighted by Gasteiger charge is 2.02. The molecule has 0 spiro atoms. The second-order valence-electron chi connectivity index (χ2n) is 3.87. The van der Waals surface area contributed by atoms with Crippen LogP contribution in [-0.4, -0.2) is 0 Å². The molecule has 0 aliphatic heterocycles. The Morgan fingerprint density at radius 3 is 2.29 bits per heavy atom. The molecule has 0 aliphatic carbocycles. The highest BCUT2D eigenvalue weighted by atomic mass is 79.9. The van der Waals surface area contributed by atoms with Gasteiger partial charge in [0.15, 0.2) is 0 Å². The number of nitrogens with two attached hydrogens (primary N) is 1. The van der Waals surface area contributed by atoms with Gasteiger partial charge in [-0.25, -0.2) is 0 Å². The van der Waals surface area contributed by atoms with Crippen molar-refractivity contribution in [3.63, 3.8) is 0 Å². The maximum Gasteiger partial charge on any atom is 0.128 e. The van der Waals surface area contributed by atoms with Crippen LogP contribution in [0.2, 0.25) is 0 Å². The van der Waals surface area contributed by atoms with Gasteiger partial charge in [0.1, 0.15) is 11.5 Å². The number of benzene rings is 2. The topological polar surface area (TPSA) is 35.2 Å². The summed E-state index contributed by atoms with van der Waals surface area (Å²) in [7, 11) is 0. The Morgan fingerprint density at radius 2 is 1.71 bits per heavy atom. The smallest absolute Gasteiger partial charge is 0.128 e. The van der Waals surface area contributed by atoms with Crippen molar-refractivity contribution in [1.82, 2.24) is 0 Å². The van der Waals surface area contributed by atoms with E-state index >= 15 is 0 Å². The van der Waals surface area contributed by atoms with Gasteiger partial charge < -0.3 is 10.5 Å². The zero-order chi connectivity index (χ0) is 12.3. The average Bonchev–Trinajstić information content (AvgIpc) is 2.32. The van der Waals surface area contributed by atoms with Gasteiger partial charge in [0.2, 0.25) is 0 Å². The molecule has 0 saturated carbocycles. The third-order valence-corrected chi connectivity index (χ3v) is 3.24. The van der Waals surface area contributed by atoms with Crippen LogP contribution >= 0.6 is 15.9 Å². The van der Waals surface area contributed by atoms with Crippen LogP contribution in [0.4, 0.5) is 0 Å². The van der Waals surface area contributed by atoms with Gasteiger partial charge in [0, 0.05) is 11.0 Å². The average molecular weight is 292 g/mol. The first-order valence-electron chi connectivity index (χ1n) is 5.42. The summed E-state index contributed by atoms with van der Waals surface area (Å²) in [4.78, 5) is 0. The van der Waals surface area contributed by atoms with E-state index in [1.54, 1.807) is 0 Å². The number of halogens is 1. The molecule has 88 valence electrons. The van der Waals surface area contributed by atoms with Crippen LogP contribution in [0.3, 0.4) is 0 Å². The molecular formula is C14H14BrNO. The van der Waals surface area contributed by atoms with E-state index in [1.807, 2.05) is 42.5 Å². The van der Waals surface area contributed by atoms with Crippen molar-refractivity contribution < 1.29 is 4.74 Å². The standard InChI is InChI=1S/C14H14BrNO/c1-10-2-5-12(6-3-10)17-13-7-4-11(9-16)14(15)8-13/h2-8H,9,16H2,1H3. The van der Waals surface area contributed by atoms with E-state index < -0.39 is 0 Å². The molecule has 0 bridgehead atoms. The summed E-state index contributed by atoms with van der Waals surface area (Å²) in [5.41, 5.74) is 7.89. The maximum absolute atomic E-state index is 5.74. The third-order valence-electron chi connectivity index (χ3n) is 2.50. The van der Waals surface area contributed by atoms with Crippen molar-refractivity contribution in [3.8, 4) is 11.5 Å². The first-order valence-corrected chi connectivity index (χ1v) is 6.21.